The van der Waals surface area contributed by atoms with Crippen LogP contribution >= 0.6 is 12.6 Å². The maximum absolute atomic E-state index is 11.5. The molecule has 43 heavy (non-hydrogen) atoms. The van der Waals surface area contributed by atoms with Crippen molar-refractivity contribution in [3.05, 3.63) is 84.5 Å². The van der Waals surface area contributed by atoms with E-state index in [1.165, 1.54) is 0 Å². The molecule has 8 bridgehead atoms. The minimum atomic E-state index is -0.911. The zero-order valence-corrected chi connectivity index (χ0v) is 25.6. The highest BCUT2D eigenvalue weighted by atomic mass is 32.1. The number of aliphatic hydroxyl groups is 1. The highest BCUT2D eigenvalue weighted by molar-refractivity contribution is 7.81. The Labute approximate surface area is 254 Å². The van der Waals surface area contributed by atoms with Crippen molar-refractivity contribution in [3.63, 3.8) is 0 Å². The van der Waals surface area contributed by atoms with Crippen LogP contribution in [0.5, 0.6) is 0 Å². The molecule has 4 aliphatic heterocycles. The molecule has 0 spiro atoms. The van der Waals surface area contributed by atoms with E-state index in [9.17, 15) is 24.9 Å². The monoisotopic (exact) mass is 598 g/mol. The van der Waals surface area contributed by atoms with Gasteiger partial charge in [-0.15, -0.1) is 0 Å². The second kappa shape index (κ2) is 11.7. The summed E-state index contributed by atoms with van der Waals surface area (Å²) in [6.45, 7) is 9.73. The molecule has 0 fully saturated rings. The number of aliphatic carboxylic acids is 2. The van der Waals surface area contributed by atoms with Gasteiger partial charge in [0, 0.05) is 29.0 Å². The molecule has 5 heterocycles. The van der Waals surface area contributed by atoms with Gasteiger partial charge in [-0.05, 0) is 111 Å². The van der Waals surface area contributed by atoms with Crippen LogP contribution in [0.1, 0.15) is 64.6 Å². The normalized spacial score (nSPS) is 19.2. The first kappa shape index (κ1) is 30.0. The number of aromatic amines is 1. The molecule has 0 saturated heterocycles. The number of nitrogens with zero attached hydrogens (tertiary/aromatic N) is 3. The third-order valence-corrected chi connectivity index (χ3v) is 8.54. The molecule has 4 N–H and O–H groups in total. The van der Waals surface area contributed by atoms with Crippen LogP contribution in [0.3, 0.4) is 0 Å². The molecule has 0 saturated carbocycles. The van der Waals surface area contributed by atoms with E-state index in [0.29, 0.717) is 39.1 Å². The SMILES string of the molecule is CC1=C(CCC(=O)O)C2=CC3=NC(=Cc4[nH]c(c(=CO)c4C)=CC4=NC(=CC1=N2)C(C(C)S)=C4C)C(C)=C3CCC(=O)O. The van der Waals surface area contributed by atoms with Crippen LogP contribution in [0.25, 0.3) is 18.4 Å². The lowest BCUT2D eigenvalue weighted by molar-refractivity contribution is -0.137. The smallest absolute Gasteiger partial charge is 0.303 e. The Hall–Kier alpha value is -4.44. The first-order valence-electron chi connectivity index (χ1n) is 14.1. The second-order valence-corrected chi connectivity index (χ2v) is 11.8. The number of thiol groups is 1. The summed E-state index contributed by atoms with van der Waals surface area (Å²) in [6, 6.07) is 0. The third-order valence-electron chi connectivity index (χ3n) is 8.28. The maximum Gasteiger partial charge on any atom is 0.303 e. The number of aromatic nitrogens is 1. The summed E-state index contributed by atoms with van der Waals surface area (Å²) in [7, 11) is 0. The zero-order chi connectivity index (χ0) is 31.2. The Morgan fingerprint density at radius 2 is 1.40 bits per heavy atom. The van der Waals surface area contributed by atoms with E-state index in [0.717, 1.165) is 56.7 Å². The van der Waals surface area contributed by atoms with Crippen molar-refractivity contribution in [1.82, 2.24) is 4.98 Å². The Balaban J connectivity index is 1.83. The van der Waals surface area contributed by atoms with Crippen molar-refractivity contribution in [2.75, 3.05) is 0 Å². The molecular weight excluding hydrogens is 564 g/mol. The number of carbonyl (C=O) groups is 2. The van der Waals surface area contributed by atoms with E-state index in [2.05, 4.69) is 4.98 Å². The number of rotatable bonds is 7. The lowest BCUT2D eigenvalue weighted by Gasteiger charge is -2.09. The van der Waals surface area contributed by atoms with Crippen molar-refractivity contribution in [1.29, 1.82) is 0 Å². The van der Waals surface area contributed by atoms with Gasteiger partial charge in [0.25, 0.3) is 0 Å². The average molecular weight is 599 g/mol. The van der Waals surface area contributed by atoms with Gasteiger partial charge in [0.1, 0.15) is 0 Å². The van der Waals surface area contributed by atoms with Crippen LogP contribution in [0.15, 0.2) is 77.7 Å². The van der Waals surface area contributed by atoms with Gasteiger partial charge in [-0.25, -0.2) is 15.0 Å². The minimum Gasteiger partial charge on any atom is -0.515 e. The number of allylic oxidation sites excluding steroid dienone is 8. The summed E-state index contributed by atoms with van der Waals surface area (Å²) >= 11 is 4.75. The largest absolute Gasteiger partial charge is 0.515 e. The molecule has 222 valence electrons. The lowest BCUT2D eigenvalue weighted by atomic mass is 9.96. The van der Waals surface area contributed by atoms with Crippen LogP contribution in [0.2, 0.25) is 0 Å². The molecule has 9 nitrogen and oxygen atoms in total. The predicted molar refractivity (Wildman–Crippen MR) is 173 cm³/mol. The fourth-order valence-corrected chi connectivity index (χ4v) is 6.19. The summed E-state index contributed by atoms with van der Waals surface area (Å²) in [5.74, 6) is -1.82. The molecule has 1 atom stereocenters. The van der Waals surface area contributed by atoms with Gasteiger partial charge in [-0.3, -0.25) is 9.59 Å². The van der Waals surface area contributed by atoms with Gasteiger partial charge in [0.05, 0.1) is 45.8 Å². The zero-order valence-electron chi connectivity index (χ0n) is 24.7. The fourth-order valence-electron chi connectivity index (χ4n) is 5.86. The second-order valence-electron chi connectivity index (χ2n) is 11.1. The summed E-state index contributed by atoms with van der Waals surface area (Å²) in [5, 5.41) is 30.3. The van der Waals surface area contributed by atoms with Gasteiger partial charge >= 0.3 is 11.9 Å². The summed E-state index contributed by atoms with van der Waals surface area (Å²) < 4.78 is 0. The summed E-state index contributed by atoms with van der Waals surface area (Å²) in [6.07, 6.45) is 9.06. The van der Waals surface area contributed by atoms with E-state index < -0.39 is 11.9 Å². The van der Waals surface area contributed by atoms with Gasteiger partial charge in [0.2, 0.25) is 0 Å². The number of carboxylic acid groups (broad SMARTS) is 2. The van der Waals surface area contributed by atoms with E-state index in [1.54, 1.807) is 0 Å². The van der Waals surface area contributed by atoms with Crippen molar-refractivity contribution >= 4 is 60.1 Å². The van der Waals surface area contributed by atoms with Crippen LogP contribution in [-0.4, -0.2) is 54.6 Å². The molecule has 1 aromatic heterocycles. The molecule has 0 radical (unpaired) electrons. The molecule has 5 rings (SSSR count). The number of carboxylic acids is 2. The number of aliphatic hydroxyl groups excluding tert-OH is 1. The first-order chi connectivity index (χ1) is 20.4. The highest BCUT2D eigenvalue weighted by Crippen LogP contribution is 2.37. The molecule has 10 heteroatoms. The minimum absolute atomic E-state index is 0.0601. The Kier molecular flexibility index (Phi) is 8.16. The van der Waals surface area contributed by atoms with Crippen molar-refractivity contribution in [3.8, 4) is 0 Å². The summed E-state index contributed by atoms with van der Waals surface area (Å²) in [5.41, 5.74) is 10.8. The molecule has 0 aromatic carbocycles. The maximum atomic E-state index is 11.5. The highest BCUT2D eigenvalue weighted by Gasteiger charge is 2.28. The molecular formula is C33H34N4O5S. The van der Waals surface area contributed by atoms with Crippen molar-refractivity contribution in [2.45, 2.75) is 65.6 Å². The number of fused-ring (bicyclic) bond motifs is 5. The van der Waals surface area contributed by atoms with E-state index >= 15 is 0 Å². The van der Waals surface area contributed by atoms with Crippen LogP contribution < -0.4 is 10.6 Å². The Bertz CT molecular complexity index is 1890. The Morgan fingerprint density at radius 1 is 0.814 bits per heavy atom. The number of H-pyrrole nitrogens is 1. The first-order valence-corrected chi connectivity index (χ1v) is 14.6. The standard InChI is InChI=1S/C33H34N4O5S/c1-15-20(6-8-31(39)40)27-13-28-21(7-9-32(41)42)16(2)25(35-28)12-30-33(19(5)43)18(4)26(37-30)11-29-22(14-38)17(3)24(36-29)10-23(15)34-27/h10-14,19,36,38,43H,6-9H2,1-5H3,(H,39,40)(H,41,42). The summed E-state index contributed by atoms with van der Waals surface area (Å²) in [4.78, 5) is 41.3. The average Bonchev–Trinajstić information content (AvgIpc) is 3.59. The van der Waals surface area contributed by atoms with Crippen LogP contribution in [0.4, 0.5) is 0 Å². The van der Waals surface area contributed by atoms with Crippen LogP contribution in [0, 0.1) is 6.92 Å². The lowest BCUT2D eigenvalue weighted by Crippen LogP contribution is -2.25. The Morgan fingerprint density at radius 3 is 2.02 bits per heavy atom. The van der Waals surface area contributed by atoms with E-state index in [-0.39, 0.29) is 30.9 Å². The molecule has 4 aliphatic rings. The van der Waals surface area contributed by atoms with E-state index in [1.807, 2.05) is 58.9 Å². The number of hydrogen-bond acceptors (Lipinski definition) is 7. The molecule has 1 unspecified atom stereocenters. The van der Waals surface area contributed by atoms with E-state index in [4.69, 9.17) is 27.6 Å². The molecule has 0 amide bonds. The molecule has 1 aromatic rings. The number of nitrogens with one attached hydrogen (secondary N) is 1. The number of aliphatic imine (C=N–C) groups is 3. The molecule has 0 aliphatic carbocycles. The fraction of sp³-hybridized carbons (Fsp3) is 0.303. The van der Waals surface area contributed by atoms with Gasteiger partial charge in [-0.2, -0.15) is 12.6 Å². The van der Waals surface area contributed by atoms with Crippen molar-refractivity contribution in [2.24, 2.45) is 15.0 Å². The number of hydrogen-bond donors (Lipinski definition) is 5. The van der Waals surface area contributed by atoms with Gasteiger partial charge < -0.3 is 20.3 Å². The van der Waals surface area contributed by atoms with Gasteiger partial charge in [-0.1, -0.05) is 0 Å². The van der Waals surface area contributed by atoms with Crippen LogP contribution in [-0.2, 0) is 9.59 Å². The van der Waals surface area contributed by atoms with Gasteiger partial charge in [0.15, 0.2) is 0 Å². The quantitative estimate of drug-likeness (QED) is 0.284. The predicted octanol–water partition coefficient (Wildman–Crippen LogP) is 4.88. The topological polar surface area (TPSA) is 148 Å². The van der Waals surface area contributed by atoms with Crippen molar-refractivity contribution < 1.29 is 24.9 Å². The third kappa shape index (κ3) is 5.67.